The van der Waals surface area contributed by atoms with E-state index in [1.165, 1.54) is 35.8 Å². The molecule has 2 N–H and O–H groups in total. The maximum absolute atomic E-state index is 13.4. The third-order valence-electron chi connectivity index (χ3n) is 6.94. The Hall–Kier alpha value is -4.54. The van der Waals surface area contributed by atoms with E-state index in [9.17, 15) is 27.6 Å². The van der Waals surface area contributed by atoms with Crippen molar-refractivity contribution in [2.45, 2.75) is 45.5 Å². The normalized spacial score (nSPS) is 14.7. The number of nitrogens with zero attached hydrogens (tertiary/aromatic N) is 3. The average Bonchev–Trinajstić information content (AvgIpc) is 3.54. The zero-order chi connectivity index (χ0) is 27.9. The van der Waals surface area contributed by atoms with Gasteiger partial charge in [-0.15, -0.1) is 0 Å². The lowest BCUT2D eigenvalue weighted by Crippen LogP contribution is -2.30. The molecule has 2 aromatic heterocycles. The highest BCUT2D eigenvalue weighted by Crippen LogP contribution is 2.35. The Kier molecular flexibility index (Phi) is 6.67. The lowest BCUT2D eigenvalue weighted by atomic mass is 9.96. The minimum atomic E-state index is -4.44. The molecule has 0 saturated carbocycles. The minimum absolute atomic E-state index is 0.00947. The Morgan fingerprint density at radius 3 is 2.49 bits per heavy atom. The molecule has 200 valence electrons. The van der Waals surface area contributed by atoms with E-state index in [0.29, 0.717) is 17.5 Å². The summed E-state index contributed by atoms with van der Waals surface area (Å²) < 4.78 is 39.7. The van der Waals surface area contributed by atoms with E-state index in [1.54, 1.807) is 12.1 Å². The standard InChI is InChI=1S/C28H24F3N5O3/c1-15-19(16(2)37)7-8-21-20(15)9-10-22(21)35-27(39)24-13-23(34-25-11-12-33-36(24)25)26(38)32-14-17-3-5-18(6-4-17)28(29,30)31/h3-8,11-13,22H,9-10,14H2,1-2H3,(H,32,38)(H,35,39)/t22-/m0/s1. The maximum atomic E-state index is 13.4. The first-order chi connectivity index (χ1) is 18.5. The van der Waals surface area contributed by atoms with Crippen molar-refractivity contribution in [3.63, 3.8) is 0 Å². The van der Waals surface area contributed by atoms with Gasteiger partial charge in [0.2, 0.25) is 0 Å². The third-order valence-corrected chi connectivity index (χ3v) is 6.94. The zero-order valence-corrected chi connectivity index (χ0v) is 21.1. The first-order valence-electron chi connectivity index (χ1n) is 12.3. The van der Waals surface area contributed by atoms with Crippen molar-refractivity contribution in [3.8, 4) is 0 Å². The summed E-state index contributed by atoms with van der Waals surface area (Å²) in [6.07, 6.45) is -1.60. The van der Waals surface area contributed by atoms with Crippen LogP contribution in [0.15, 0.2) is 54.7 Å². The molecule has 1 aliphatic carbocycles. The number of ketones is 1. The number of nitrogens with one attached hydrogen (secondary N) is 2. The summed E-state index contributed by atoms with van der Waals surface area (Å²) in [5.41, 5.74) is 3.65. The molecular weight excluding hydrogens is 511 g/mol. The van der Waals surface area contributed by atoms with Crippen LogP contribution in [0.2, 0.25) is 0 Å². The Labute approximate surface area is 221 Å². The molecule has 0 bridgehead atoms. The molecule has 4 aromatic rings. The van der Waals surface area contributed by atoms with Crippen molar-refractivity contribution in [1.29, 1.82) is 0 Å². The fourth-order valence-corrected chi connectivity index (χ4v) is 4.92. The van der Waals surface area contributed by atoms with Crippen LogP contribution in [0.5, 0.6) is 0 Å². The molecule has 1 atom stereocenters. The highest BCUT2D eigenvalue weighted by atomic mass is 19.4. The first kappa shape index (κ1) is 26.1. The number of hydrogen-bond acceptors (Lipinski definition) is 5. The Morgan fingerprint density at radius 1 is 1.05 bits per heavy atom. The summed E-state index contributed by atoms with van der Waals surface area (Å²) in [4.78, 5) is 42.4. The molecule has 0 fully saturated rings. The van der Waals surface area contributed by atoms with Crippen LogP contribution in [0.3, 0.4) is 0 Å². The smallest absolute Gasteiger partial charge is 0.347 e. The lowest BCUT2D eigenvalue weighted by Gasteiger charge is -2.16. The van der Waals surface area contributed by atoms with Crippen LogP contribution in [0.25, 0.3) is 5.65 Å². The second-order valence-corrected chi connectivity index (χ2v) is 9.43. The number of carbonyl (C=O) groups is 3. The average molecular weight is 536 g/mol. The largest absolute Gasteiger partial charge is 0.416 e. The van der Waals surface area contributed by atoms with Gasteiger partial charge in [-0.05, 0) is 61.1 Å². The second kappa shape index (κ2) is 9.97. The number of carbonyl (C=O) groups excluding carboxylic acids is 3. The second-order valence-electron chi connectivity index (χ2n) is 9.43. The van der Waals surface area contributed by atoms with Gasteiger partial charge in [0.15, 0.2) is 11.4 Å². The summed E-state index contributed by atoms with van der Waals surface area (Å²) in [5, 5.41) is 9.80. The molecule has 2 amide bonds. The van der Waals surface area contributed by atoms with Gasteiger partial charge >= 0.3 is 6.18 Å². The molecule has 0 spiro atoms. The number of amides is 2. The predicted octanol–water partition coefficient (Wildman–Crippen LogP) is 4.61. The van der Waals surface area contributed by atoms with E-state index in [1.807, 2.05) is 13.0 Å². The van der Waals surface area contributed by atoms with Crippen LogP contribution in [-0.4, -0.2) is 32.2 Å². The number of rotatable bonds is 6. The van der Waals surface area contributed by atoms with Crippen molar-refractivity contribution < 1.29 is 27.6 Å². The topological polar surface area (TPSA) is 105 Å². The molecule has 11 heteroatoms. The molecule has 0 saturated heterocycles. The molecule has 39 heavy (non-hydrogen) atoms. The number of halogens is 3. The molecule has 0 unspecified atom stereocenters. The lowest BCUT2D eigenvalue weighted by molar-refractivity contribution is -0.137. The molecule has 1 aliphatic rings. The SMILES string of the molecule is CC(=O)c1ccc2c(c1C)CC[C@@H]2NC(=O)c1cc(C(=O)NCc2ccc(C(F)(F)F)cc2)nc2ccnn12. The first-order valence-corrected chi connectivity index (χ1v) is 12.3. The van der Waals surface area contributed by atoms with E-state index in [2.05, 4.69) is 20.7 Å². The van der Waals surface area contributed by atoms with E-state index < -0.39 is 23.6 Å². The number of alkyl halides is 3. The number of benzene rings is 2. The summed E-state index contributed by atoms with van der Waals surface area (Å²) in [7, 11) is 0. The van der Waals surface area contributed by atoms with Gasteiger partial charge < -0.3 is 10.6 Å². The van der Waals surface area contributed by atoms with Gasteiger partial charge in [0.1, 0.15) is 11.4 Å². The van der Waals surface area contributed by atoms with Crippen molar-refractivity contribution >= 4 is 23.2 Å². The van der Waals surface area contributed by atoms with Crippen LogP contribution in [0.1, 0.15) is 78.5 Å². The molecule has 5 rings (SSSR count). The van der Waals surface area contributed by atoms with Crippen molar-refractivity contribution in [2.24, 2.45) is 0 Å². The molecule has 0 radical (unpaired) electrons. The summed E-state index contributed by atoms with van der Waals surface area (Å²) in [5.74, 6) is -1.05. The van der Waals surface area contributed by atoms with Gasteiger partial charge in [-0.3, -0.25) is 14.4 Å². The van der Waals surface area contributed by atoms with Crippen molar-refractivity contribution in [2.75, 3.05) is 0 Å². The van der Waals surface area contributed by atoms with E-state index in [0.717, 1.165) is 35.2 Å². The molecular formula is C28H24F3N5O3. The zero-order valence-electron chi connectivity index (χ0n) is 21.1. The van der Waals surface area contributed by atoms with Gasteiger partial charge in [0.25, 0.3) is 11.8 Å². The van der Waals surface area contributed by atoms with E-state index in [-0.39, 0.29) is 35.4 Å². The van der Waals surface area contributed by atoms with Crippen molar-refractivity contribution in [3.05, 3.63) is 99.5 Å². The Balaban J connectivity index is 1.34. The number of Topliss-reactive ketones (excluding diaryl/α,β-unsaturated/α-hetero) is 1. The summed E-state index contributed by atoms with van der Waals surface area (Å²) >= 11 is 0. The maximum Gasteiger partial charge on any atom is 0.416 e. The predicted molar refractivity (Wildman–Crippen MR) is 135 cm³/mol. The van der Waals surface area contributed by atoms with Gasteiger partial charge in [0.05, 0.1) is 17.8 Å². The number of hydrogen-bond donors (Lipinski definition) is 2. The highest BCUT2D eigenvalue weighted by Gasteiger charge is 2.30. The van der Waals surface area contributed by atoms with Gasteiger partial charge in [0, 0.05) is 24.2 Å². The van der Waals surface area contributed by atoms with E-state index in [4.69, 9.17) is 0 Å². The van der Waals surface area contributed by atoms with Gasteiger partial charge in [-0.25, -0.2) is 9.50 Å². The van der Waals surface area contributed by atoms with Gasteiger partial charge in [-0.1, -0.05) is 24.3 Å². The quantitative estimate of drug-likeness (QED) is 0.351. The summed E-state index contributed by atoms with van der Waals surface area (Å²) in [6, 6.07) is 10.7. The fraction of sp³-hybridized carbons (Fsp3) is 0.250. The van der Waals surface area contributed by atoms with Crippen LogP contribution < -0.4 is 10.6 Å². The highest BCUT2D eigenvalue weighted by molar-refractivity contribution is 5.99. The van der Waals surface area contributed by atoms with Crippen molar-refractivity contribution in [1.82, 2.24) is 25.2 Å². The van der Waals surface area contributed by atoms with Crippen LogP contribution in [0, 0.1) is 6.92 Å². The molecule has 8 nitrogen and oxygen atoms in total. The van der Waals surface area contributed by atoms with Crippen LogP contribution in [-0.2, 0) is 19.1 Å². The monoisotopic (exact) mass is 535 g/mol. The van der Waals surface area contributed by atoms with Crippen LogP contribution in [0.4, 0.5) is 13.2 Å². The third kappa shape index (κ3) is 5.12. The van der Waals surface area contributed by atoms with Gasteiger partial charge in [-0.2, -0.15) is 18.3 Å². The summed E-state index contributed by atoms with van der Waals surface area (Å²) in [6.45, 7) is 3.41. The fourth-order valence-electron chi connectivity index (χ4n) is 4.92. The minimum Gasteiger partial charge on any atom is -0.347 e. The molecule has 2 heterocycles. The van der Waals surface area contributed by atoms with E-state index >= 15 is 0 Å². The Bertz CT molecular complexity index is 1610. The molecule has 2 aromatic carbocycles. The molecule has 0 aliphatic heterocycles. The van der Waals surface area contributed by atoms with Crippen LogP contribution >= 0.6 is 0 Å². The number of aromatic nitrogens is 3. The number of fused-ring (bicyclic) bond motifs is 2. The Morgan fingerprint density at radius 2 is 1.79 bits per heavy atom.